The highest BCUT2D eigenvalue weighted by Gasteiger charge is 2.51. The van der Waals surface area contributed by atoms with Crippen LogP contribution in [-0.2, 0) is 10.8 Å². The van der Waals surface area contributed by atoms with Gasteiger partial charge in [-0.3, -0.25) is 4.57 Å². The van der Waals surface area contributed by atoms with Crippen molar-refractivity contribution in [3.8, 4) is 50.6 Å². The number of benzene rings is 8. The van der Waals surface area contributed by atoms with Crippen LogP contribution in [0, 0.1) is 0 Å². The van der Waals surface area contributed by atoms with E-state index in [4.69, 9.17) is 9.97 Å². The molecule has 3 aliphatic carbocycles. The van der Waals surface area contributed by atoms with Crippen LogP contribution in [0.4, 0.5) is 0 Å². The molecule has 3 heteroatoms. The third-order valence-corrected chi connectivity index (χ3v) is 13.4. The number of rotatable bonds is 2. The molecule has 0 bridgehead atoms. The van der Waals surface area contributed by atoms with Crippen molar-refractivity contribution < 1.29 is 0 Å². The van der Waals surface area contributed by atoms with Crippen molar-refractivity contribution >= 4 is 32.6 Å². The maximum Gasteiger partial charge on any atom is 0.161 e. The van der Waals surface area contributed by atoms with Gasteiger partial charge in [-0.25, -0.2) is 9.97 Å². The van der Waals surface area contributed by atoms with Crippen molar-refractivity contribution in [2.75, 3.05) is 0 Å². The zero-order chi connectivity index (χ0) is 37.6. The van der Waals surface area contributed by atoms with E-state index in [2.05, 4.69) is 194 Å². The summed E-state index contributed by atoms with van der Waals surface area (Å²) in [5.41, 5.74) is 17.6. The first-order chi connectivity index (χ1) is 28.0. The topological polar surface area (TPSA) is 30.7 Å². The monoisotopic (exact) mass is 725 g/mol. The molecular weight excluding hydrogens is 691 g/mol. The fourth-order valence-corrected chi connectivity index (χ4v) is 10.9. The van der Waals surface area contributed by atoms with Gasteiger partial charge < -0.3 is 0 Å². The lowest BCUT2D eigenvalue weighted by Gasteiger charge is -2.30. The molecule has 266 valence electrons. The predicted octanol–water partition coefficient (Wildman–Crippen LogP) is 13.0. The van der Waals surface area contributed by atoms with Gasteiger partial charge in [-0.2, -0.15) is 0 Å². The van der Waals surface area contributed by atoms with Crippen LogP contribution >= 0.6 is 0 Å². The SMILES string of the molecule is CC1(C)c2ccccc2-c2c(-n3c4ccccc4c4cc5ccccc5cc43)nc(-c3ccc4c(c3)C3(c5ccccc5-c5ccccc53)c3ccccc3-4)nc21. The Kier molecular flexibility index (Phi) is 5.90. The number of para-hydroxylation sites is 1. The molecule has 57 heavy (non-hydrogen) atoms. The minimum absolute atomic E-state index is 0.332. The molecule has 2 aromatic heterocycles. The Morgan fingerprint density at radius 2 is 0.965 bits per heavy atom. The van der Waals surface area contributed by atoms with Crippen LogP contribution in [0.25, 0.3) is 83.2 Å². The highest BCUT2D eigenvalue weighted by molar-refractivity contribution is 6.14. The van der Waals surface area contributed by atoms with E-state index in [0.717, 1.165) is 39.5 Å². The molecule has 0 amide bonds. The molecule has 0 N–H and O–H groups in total. The van der Waals surface area contributed by atoms with E-state index >= 15 is 0 Å². The van der Waals surface area contributed by atoms with Gasteiger partial charge in [0.25, 0.3) is 0 Å². The summed E-state index contributed by atoms with van der Waals surface area (Å²) in [5, 5.41) is 4.88. The summed E-state index contributed by atoms with van der Waals surface area (Å²) in [6.45, 7) is 4.64. The molecule has 1 spiro atoms. The summed E-state index contributed by atoms with van der Waals surface area (Å²) in [5.74, 6) is 1.66. The standard InChI is InChI=1S/C54H35N3/c1-53(2)42-22-10-8-21-40(42)49-50(53)55-51(56-52(49)57-47-26-14-9-20-39(47)41-29-32-15-3-4-16-33(32)31-48(41)57)34-27-28-38-37-19-7-13-25-45(37)54(46(38)30-34)43-23-11-5-17-35(43)36-18-6-12-24-44(36)54/h3-31H,1-2H3. The van der Waals surface area contributed by atoms with E-state index in [-0.39, 0.29) is 5.41 Å². The maximum atomic E-state index is 5.73. The summed E-state index contributed by atoms with van der Waals surface area (Å²) in [6.07, 6.45) is 0. The number of hydrogen-bond donors (Lipinski definition) is 0. The molecule has 0 unspecified atom stereocenters. The van der Waals surface area contributed by atoms with E-state index in [0.29, 0.717) is 0 Å². The van der Waals surface area contributed by atoms with Gasteiger partial charge in [-0.15, -0.1) is 0 Å². The van der Waals surface area contributed by atoms with E-state index in [1.165, 1.54) is 77.2 Å². The van der Waals surface area contributed by atoms with Gasteiger partial charge in [-0.1, -0.05) is 166 Å². The first kappa shape index (κ1) is 31.1. The quantitative estimate of drug-likeness (QED) is 0.178. The van der Waals surface area contributed by atoms with Gasteiger partial charge in [0.05, 0.1) is 22.1 Å². The largest absolute Gasteiger partial charge is 0.293 e. The molecule has 3 nitrogen and oxygen atoms in total. The smallest absolute Gasteiger partial charge is 0.161 e. The number of hydrogen-bond acceptors (Lipinski definition) is 2. The average molecular weight is 726 g/mol. The number of nitrogens with zero attached hydrogens (tertiary/aromatic N) is 3. The van der Waals surface area contributed by atoms with E-state index in [1.54, 1.807) is 0 Å². The van der Waals surface area contributed by atoms with Crippen LogP contribution in [0.15, 0.2) is 176 Å². The Bertz CT molecular complexity index is 3340. The van der Waals surface area contributed by atoms with Gasteiger partial charge in [0.1, 0.15) is 5.82 Å². The second-order valence-corrected chi connectivity index (χ2v) is 16.5. The van der Waals surface area contributed by atoms with Crippen LogP contribution < -0.4 is 0 Å². The van der Waals surface area contributed by atoms with Crippen LogP contribution in [0.1, 0.15) is 47.4 Å². The molecule has 10 aromatic rings. The first-order valence-corrected chi connectivity index (χ1v) is 19.9. The van der Waals surface area contributed by atoms with E-state index < -0.39 is 5.41 Å². The van der Waals surface area contributed by atoms with Crippen molar-refractivity contribution in [1.82, 2.24) is 14.5 Å². The molecule has 0 saturated carbocycles. The Hall–Kier alpha value is -7.10. The van der Waals surface area contributed by atoms with Crippen LogP contribution in [0.5, 0.6) is 0 Å². The van der Waals surface area contributed by atoms with Crippen LogP contribution in [-0.4, -0.2) is 14.5 Å². The summed E-state index contributed by atoms with van der Waals surface area (Å²) in [7, 11) is 0. The Labute approximate surface area is 330 Å². The maximum absolute atomic E-state index is 5.73. The molecule has 0 aliphatic heterocycles. The fraction of sp³-hybridized carbons (Fsp3) is 0.0741. The zero-order valence-corrected chi connectivity index (χ0v) is 31.6. The lowest BCUT2D eigenvalue weighted by Crippen LogP contribution is -2.25. The molecule has 0 fully saturated rings. The molecule has 8 aromatic carbocycles. The van der Waals surface area contributed by atoms with Crippen molar-refractivity contribution in [2.45, 2.75) is 24.7 Å². The molecule has 13 rings (SSSR count). The molecule has 0 atom stereocenters. The van der Waals surface area contributed by atoms with Crippen molar-refractivity contribution in [3.63, 3.8) is 0 Å². The number of aromatic nitrogens is 3. The molecule has 3 aliphatic rings. The van der Waals surface area contributed by atoms with E-state index in [1.807, 2.05) is 0 Å². The van der Waals surface area contributed by atoms with Gasteiger partial charge in [0.15, 0.2) is 5.82 Å². The third kappa shape index (κ3) is 3.82. The molecule has 2 heterocycles. The van der Waals surface area contributed by atoms with E-state index in [9.17, 15) is 0 Å². The van der Waals surface area contributed by atoms with Gasteiger partial charge in [0.2, 0.25) is 0 Å². The summed E-state index contributed by atoms with van der Waals surface area (Å²) < 4.78 is 2.41. The minimum Gasteiger partial charge on any atom is -0.293 e. The highest BCUT2D eigenvalue weighted by atomic mass is 15.1. The third-order valence-electron chi connectivity index (χ3n) is 13.4. The fourth-order valence-electron chi connectivity index (χ4n) is 10.9. The molecule has 0 radical (unpaired) electrons. The summed E-state index contributed by atoms with van der Waals surface area (Å²) in [4.78, 5) is 11.4. The lowest BCUT2D eigenvalue weighted by molar-refractivity contribution is 0.635. The zero-order valence-electron chi connectivity index (χ0n) is 31.6. The van der Waals surface area contributed by atoms with Crippen molar-refractivity contribution in [3.05, 3.63) is 209 Å². The van der Waals surface area contributed by atoms with Gasteiger partial charge in [-0.05, 0) is 90.7 Å². The molecular formula is C54H35N3. The van der Waals surface area contributed by atoms with Crippen molar-refractivity contribution in [1.29, 1.82) is 0 Å². The summed E-state index contributed by atoms with van der Waals surface area (Å²) >= 11 is 0. The van der Waals surface area contributed by atoms with Gasteiger partial charge >= 0.3 is 0 Å². The Morgan fingerprint density at radius 1 is 0.421 bits per heavy atom. The first-order valence-electron chi connectivity index (χ1n) is 19.9. The van der Waals surface area contributed by atoms with Gasteiger partial charge in [0, 0.05) is 27.3 Å². The Balaban J connectivity index is 1.13. The van der Waals surface area contributed by atoms with Crippen LogP contribution in [0.2, 0.25) is 0 Å². The van der Waals surface area contributed by atoms with Crippen molar-refractivity contribution in [2.24, 2.45) is 0 Å². The normalized spacial score (nSPS) is 14.8. The highest BCUT2D eigenvalue weighted by Crippen LogP contribution is 2.63. The van der Waals surface area contributed by atoms with Crippen LogP contribution in [0.3, 0.4) is 0 Å². The minimum atomic E-state index is -0.446. The Morgan fingerprint density at radius 3 is 1.65 bits per heavy atom. The molecule has 0 saturated heterocycles. The number of fused-ring (bicyclic) bond motifs is 17. The second-order valence-electron chi connectivity index (χ2n) is 16.5. The summed E-state index contributed by atoms with van der Waals surface area (Å²) in [6, 6.07) is 64.9. The second kappa shape index (κ2) is 10.8. The lowest BCUT2D eigenvalue weighted by atomic mass is 9.70. The predicted molar refractivity (Wildman–Crippen MR) is 233 cm³/mol. The average Bonchev–Trinajstić information content (AvgIpc) is 3.92.